The van der Waals surface area contributed by atoms with E-state index >= 15 is 0 Å². The van der Waals surface area contributed by atoms with Gasteiger partial charge in [-0.15, -0.1) is 0 Å². The molecule has 0 aromatic heterocycles. The van der Waals surface area contributed by atoms with Crippen molar-refractivity contribution in [2.75, 3.05) is 6.61 Å². The topological polar surface area (TPSA) is 87.0 Å². The van der Waals surface area contributed by atoms with Crippen LogP contribution in [0.4, 0.5) is 0 Å². The van der Waals surface area contributed by atoms with Gasteiger partial charge in [-0.3, -0.25) is 0 Å². The van der Waals surface area contributed by atoms with Gasteiger partial charge in [0.05, 0.1) is 13.0 Å². The first-order valence-corrected chi connectivity index (χ1v) is 4.22. The van der Waals surface area contributed by atoms with Gasteiger partial charge < -0.3 is 20.1 Å². The molecule has 3 N–H and O–H groups in total. The van der Waals surface area contributed by atoms with Crippen molar-refractivity contribution < 1.29 is 24.9 Å². The molecule has 0 rings (SSSR count). The minimum absolute atomic E-state index is 0.243. The number of aliphatic hydroxyl groups is 3. The van der Waals surface area contributed by atoms with Crippen molar-refractivity contribution in [2.45, 2.75) is 33.2 Å². The minimum atomic E-state index is -2.78. The van der Waals surface area contributed by atoms with Gasteiger partial charge in [-0.2, -0.15) is 0 Å². The molecule has 14 heavy (non-hydrogen) atoms. The lowest BCUT2D eigenvalue weighted by Crippen LogP contribution is -2.29. The highest BCUT2D eigenvalue weighted by Crippen LogP contribution is 2.06. The van der Waals surface area contributed by atoms with Crippen LogP contribution < -0.4 is 0 Å². The standard InChI is InChI=1S/C9H16O5/c1-6(2)7(3)8(10)14-5-4-9(11,12)13/h11-13H,4-5H2,1-3H3. The Morgan fingerprint density at radius 2 is 1.71 bits per heavy atom. The summed E-state index contributed by atoms with van der Waals surface area (Å²) in [6.45, 7) is 4.91. The molecule has 0 aliphatic rings. The second-order valence-electron chi connectivity index (χ2n) is 3.29. The molecular formula is C9H16O5. The molecule has 0 radical (unpaired) electrons. The van der Waals surface area contributed by atoms with Gasteiger partial charge in [0, 0.05) is 5.57 Å². The highest BCUT2D eigenvalue weighted by molar-refractivity contribution is 5.88. The van der Waals surface area contributed by atoms with E-state index < -0.39 is 18.4 Å². The number of carbonyl (C=O) groups excluding carboxylic acids is 1. The van der Waals surface area contributed by atoms with Gasteiger partial charge in [0.1, 0.15) is 0 Å². The molecule has 0 aliphatic heterocycles. The Morgan fingerprint density at radius 1 is 1.21 bits per heavy atom. The van der Waals surface area contributed by atoms with Crippen LogP contribution in [0.25, 0.3) is 0 Å². The second-order valence-corrected chi connectivity index (χ2v) is 3.29. The Kier molecular flexibility index (Phi) is 4.76. The number of ether oxygens (including phenoxy) is 1. The van der Waals surface area contributed by atoms with Crippen LogP contribution in [0.2, 0.25) is 0 Å². The third kappa shape index (κ3) is 5.69. The Labute approximate surface area is 82.6 Å². The highest BCUT2D eigenvalue weighted by Gasteiger charge is 2.18. The average molecular weight is 204 g/mol. The maximum atomic E-state index is 11.1. The molecule has 0 bridgehead atoms. The largest absolute Gasteiger partial charge is 0.462 e. The predicted octanol–water partition coefficient (Wildman–Crippen LogP) is -0.0933. The van der Waals surface area contributed by atoms with Gasteiger partial charge >= 0.3 is 5.97 Å². The Hall–Kier alpha value is -0.910. The number of esters is 1. The third-order valence-electron chi connectivity index (χ3n) is 1.73. The van der Waals surface area contributed by atoms with E-state index in [1.54, 1.807) is 20.8 Å². The van der Waals surface area contributed by atoms with Crippen molar-refractivity contribution in [3.8, 4) is 0 Å². The predicted molar refractivity (Wildman–Crippen MR) is 49.0 cm³/mol. The van der Waals surface area contributed by atoms with E-state index in [0.29, 0.717) is 5.57 Å². The minimum Gasteiger partial charge on any atom is -0.462 e. The number of carbonyl (C=O) groups is 1. The zero-order chi connectivity index (χ0) is 11.4. The van der Waals surface area contributed by atoms with Crippen LogP contribution in [0.5, 0.6) is 0 Å². The molecule has 82 valence electrons. The first kappa shape index (κ1) is 13.1. The van der Waals surface area contributed by atoms with Crippen LogP contribution in [-0.2, 0) is 9.53 Å². The van der Waals surface area contributed by atoms with E-state index in [-0.39, 0.29) is 6.61 Å². The molecule has 0 aromatic carbocycles. The van der Waals surface area contributed by atoms with Gasteiger partial charge in [0.25, 0.3) is 5.97 Å². The normalized spacial score (nSPS) is 11.0. The fraction of sp³-hybridized carbons (Fsp3) is 0.667. The van der Waals surface area contributed by atoms with Crippen molar-refractivity contribution in [3.05, 3.63) is 11.1 Å². The lowest BCUT2D eigenvalue weighted by molar-refractivity contribution is -0.317. The van der Waals surface area contributed by atoms with Gasteiger partial charge in [-0.05, 0) is 20.8 Å². The first-order valence-electron chi connectivity index (χ1n) is 4.22. The SMILES string of the molecule is CC(C)=C(C)C(=O)OCCC(O)(O)O. The van der Waals surface area contributed by atoms with Crippen LogP contribution >= 0.6 is 0 Å². The van der Waals surface area contributed by atoms with Gasteiger partial charge in [-0.25, -0.2) is 4.79 Å². The average Bonchev–Trinajstić information content (AvgIpc) is 2.00. The number of hydrogen-bond acceptors (Lipinski definition) is 5. The Bertz CT molecular complexity index is 232. The number of rotatable bonds is 4. The summed E-state index contributed by atoms with van der Waals surface area (Å²) in [4.78, 5) is 11.1. The van der Waals surface area contributed by atoms with Gasteiger partial charge in [0.2, 0.25) is 0 Å². The molecule has 0 unspecified atom stereocenters. The highest BCUT2D eigenvalue weighted by atomic mass is 16.7. The molecule has 0 aliphatic carbocycles. The van der Waals surface area contributed by atoms with E-state index in [1.165, 1.54) is 0 Å². The summed E-state index contributed by atoms with van der Waals surface area (Å²) in [6.07, 6.45) is -0.436. The Balaban J connectivity index is 3.94. The van der Waals surface area contributed by atoms with Crippen molar-refractivity contribution >= 4 is 5.97 Å². The van der Waals surface area contributed by atoms with Crippen LogP contribution in [-0.4, -0.2) is 33.9 Å². The second kappa shape index (κ2) is 5.09. The van der Waals surface area contributed by atoms with E-state index in [2.05, 4.69) is 4.74 Å². The first-order chi connectivity index (χ1) is 6.24. The van der Waals surface area contributed by atoms with Crippen LogP contribution in [0.3, 0.4) is 0 Å². The van der Waals surface area contributed by atoms with Crippen LogP contribution in [0.15, 0.2) is 11.1 Å². The lowest BCUT2D eigenvalue weighted by atomic mass is 10.2. The van der Waals surface area contributed by atoms with Crippen LogP contribution in [0, 0.1) is 0 Å². The van der Waals surface area contributed by atoms with E-state index in [0.717, 1.165) is 5.57 Å². The molecule has 0 amide bonds. The van der Waals surface area contributed by atoms with Crippen molar-refractivity contribution in [3.63, 3.8) is 0 Å². The van der Waals surface area contributed by atoms with Crippen molar-refractivity contribution in [1.29, 1.82) is 0 Å². The summed E-state index contributed by atoms with van der Waals surface area (Å²) in [7, 11) is 0. The maximum absolute atomic E-state index is 11.1. The van der Waals surface area contributed by atoms with Gasteiger partial charge in [0.15, 0.2) is 0 Å². The van der Waals surface area contributed by atoms with Crippen molar-refractivity contribution in [2.24, 2.45) is 0 Å². The maximum Gasteiger partial charge on any atom is 0.333 e. The molecule has 5 nitrogen and oxygen atoms in total. The number of hydrogen-bond donors (Lipinski definition) is 3. The van der Waals surface area contributed by atoms with E-state index in [9.17, 15) is 4.79 Å². The quantitative estimate of drug-likeness (QED) is 0.338. The summed E-state index contributed by atoms with van der Waals surface area (Å²) in [5.74, 6) is -3.30. The summed E-state index contributed by atoms with van der Waals surface area (Å²) in [5, 5.41) is 25.5. The zero-order valence-electron chi connectivity index (χ0n) is 8.57. The van der Waals surface area contributed by atoms with Crippen LogP contribution in [0.1, 0.15) is 27.2 Å². The summed E-state index contributed by atoms with van der Waals surface area (Å²) in [5.41, 5.74) is 1.31. The molecule has 0 aromatic rings. The lowest BCUT2D eigenvalue weighted by Gasteiger charge is -2.13. The molecule has 0 atom stereocenters. The summed E-state index contributed by atoms with van der Waals surface area (Å²) in [6, 6.07) is 0. The van der Waals surface area contributed by atoms with E-state index in [4.69, 9.17) is 15.3 Å². The molecular weight excluding hydrogens is 188 g/mol. The van der Waals surface area contributed by atoms with Gasteiger partial charge in [-0.1, -0.05) is 5.57 Å². The molecule has 0 saturated heterocycles. The van der Waals surface area contributed by atoms with Crippen molar-refractivity contribution in [1.82, 2.24) is 0 Å². The molecule has 0 spiro atoms. The zero-order valence-corrected chi connectivity index (χ0v) is 8.57. The fourth-order valence-electron chi connectivity index (χ4n) is 0.593. The number of allylic oxidation sites excluding steroid dienone is 1. The fourth-order valence-corrected chi connectivity index (χ4v) is 0.593. The molecule has 0 fully saturated rings. The summed E-state index contributed by atoms with van der Waals surface area (Å²) >= 11 is 0. The third-order valence-corrected chi connectivity index (χ3v) is 1.73. The monoisotopic (exact) mass is 204 g/mol. The van der Waals surface area contributed by atoms with E-state index in [1.807, 2.05) is 0 Å². The molecule has 0 saturated carbocycles. The molecule has 5 heteroatoms. The summed E-state index contributed by atoms with van der Waals surface area (Å²) < 4.78 is 4.66. The Morgan fingerprint density at radius 3 is 2.07 bits per heavy atom. The smallest absolute Gasteiger partial charge is 0.333 e. The molecule has 0 heterocycles.